The molecule has 1 aromatic rings. The average molecular weight is 179 g/mol. The molecule has 0 aliphatic rings. The monoisotopic (exact) mass is 179 g/mol. The van der Waals surface area contributed by atoms with Gasteiger partial charge in [-0.2, -0.15) is 0 Å². The third-order valence-electron chi connectivity index (χ3n) is 1.58. The first-order valence-electron chi connectivity index (χ1n) is 3.76. The molecule has 1 rings (SSSR count). The van der Waals surface area contributed by atoms with Crippen LogP contribution in [-0.2, 0) is 4.84 Å². The first kappa shape index (κ1) is 9.38. The van der Waals surface area contributed by atoms with Crippen molar-refractivity contribution in [1.29, 1.82) is 0 Å². The lowest BCUT2D eigenvalue weighted by atomic mass is 10.1. The molecule has 4 nitrogen and oxygen atoms in total. The number of benzene rings is 1. The molecule has 0 unspecified atom stereocenters. The van der Waals surface area contributed by atoms with Crippen LogP contribution in [0.5, 0.6) is 0 Å². The van der Waals surface area contributed by atoms with Gasteiger partial charge in [0.1, 0.15) is 0 Å². The summed E-state index contributed by atoms with van der Waals surface area (Å²) in [7, 11) is 0. The molecule has 0 atom stereocenters. The molecule has 0 spiro atoms. The van der Waals surface area contributed by atoms with E-state index in [-0.39, 0.29) is 0 Å². The summed E-state index contributed by atoms with van der Waals surface area (Å²) in [5.74, 6) is -0.721. The van der Waals surface area contributed by atoms with Gasteiger partial charge in [-0.1, -0.05) is 17.2 Å². The zero-order valence-corrected chi connectivity index (χ0v) is 7.40. The van der Waals surface area contributed by atoms with E-state index in [4.69, 9.17) is 0 Å². The molecule has 0 fully saturated rings. The Morgan fingerprint density at radius 2 is 1.77 bits per heavy atom. The van der Waals surface area contributed by atoms with Gasteiger partial charge in [-0.05, 0) is 26.0 Å². The van der Waals surface area contributed by atoms with E-state index < -0.39 is 5.97 Å². The maximum atomic E-state index is 11.0. The fourth-order valence-corrected chi connectivity index (χ4v) is 1.18. The topological polar surface area (TPSA) is 55.7 Å². The van der Waals surface area contributed by atoms with E-state index in [0.29, 0.717) is 5.56 Å². The van der Waals surface area contributed by atoms with Crippen LogP contribution in [0.1, 0.15) is 21.5 Å². The fourth-order valence-electron chi connectivity index (χ4n) is 1.18. The van der Waals surface area contributed by atoms with Crippen LogP contribution in [0.2, 0.25) is 0 Å². The van der Waals surface area contributed by atoms with Crippen LogP contribution in [0, 0.1) is 18.8 Å². The summed E-state index contributed by atoms with van der Waals surface area (Å²) in [4.78, 5) is 24.7. The second kappa shape index (κ2) is 3.80. The minimum Gasteiger partial charge on any atom is -0.279 e. The van der Waals surface area contributed by atoms with Gasteiger partial charge < -0.3 is 0 Å². The molecule has 0 aromatic heterocycles. The van der Waals surface area contributed by atoms with Gasteiger partial charge >= 0.3 is 5.97 Å². The highest BCUT2D eigenvalue weighted by molar-refractivity contribution is 5.89. The summed E-state index contributed by atoms with van der Waals surface area (Å²) in [6.45, 7) is 3.72. The Bertz CT molecular complexity index is 326. The second-order valence-electron chi connectivity index (χ2n) is 2.83. The molecule has 4 heteroatoms. The van der Waals surface area contributed by atoms with E-state index in [0.717, 1.165) is 11.1 Å². The molecule has 0 aliphatic heterocycles. The summed E-state index contributed by atoms with van der Waals surface area (Å²) < 4.78 is 0. The van der Waals surface area contributed by atoms with E-state index >= 15 is 0 Å². The van der Waals surface area contributed by atoms with Crippen LogP contribution in [-0.4, -0.2) is 5.97 Å². The smallest absolute Gasteiger partial charge is 0.279 e. The van der Waals surface area contributed by atoms with Gasteiger partial charge in [-0.15, -0.1) is 4.91 Å². The molecule has 0 saturated heterocycles. The van der Waals surface area contributed by atoms with Gasteiger partial charge in [0.25, 0.3) is 0 Å². The highest BCUT2D eigenvalue weighted by Crippen LogP contribution is 2.09. The normalized spacial score (nSPS) is 9.38. The van der Waals surface area contributed by atoms with Crippen molar-refractivity contribution < 1.29 is 9.63 Å². The lowest BCUT2D eigenvalue weighted by Crippen LogP contribution is -2.00. The average Bonchev–Trinajstić information content (AvgIpc) is 2.03. The molecular weight excluding hydrogens is 170 g/mol. The molecule has 68 valence electrons. The Hall–Kier alpha value is -1.71. The van der Waals surface area contributed by atoms with Crippen molar-refractivity contribution in [3.63, 3.8) is 0 Å². The first-order chi connectivity index (χ1) is 6.13. The van der Waals surface area contributed by atoms with E-state index in [2.05, 4.69) is 10.2 Å². The van der Waals surface area contributed by atoms with Crippen molar-refractivity contribution in [3.05, 3.63) is 39.8 Å². The largest absolute Gasteiger partial charge is 0.369 e. The summed E-state index contributed by atoms with van der Waals surface area (Å²) in [5, 5.41) is 2.07. The number of rotatable bonds is 2. The minimum atomic E-state index is -0.721. The second-order valence-corrected chi connectivity index (χ2v) is 2.83. The lowest BCUT2D eigenvalue weighted by Gasteiger charge is -2.00. The van der Waals surface area contributed by atoms with Crippen molar-refractivity contribution >= 4 is 5.97 Å². The Morgan fingerprint density at radius 3 is 2.23 bits per heavy atom. The zero-order chi connectivity index (χ0) is 9.84. The lowest BCUT2D eigenvalue weighted by molar-refractivity contribution is 0.0508. The third kappa shape index (κ3) is 2.37. The SMILES string of the molecule is Cc1cc(C)cc(C(=O)ON=O)c1. The van der Waals surface area contributed by atoms with Gasteiger partial charge in [0.15, 0.2) is 5.34 Å². The summed E-state index contributed by atoms with van der Waals surface area (Å²) in [6.07, 6.45) is 0. The van der Waals surface area contributed by atoms with Crippen molar-refractivity contribution in [1.82, 2.24) is 0 Å². The standard InChI is InChI=1S/C9H9NO3/c1-6-3-7(2)5-8(4-6)9(11)13-10-12/h3-5H,1-2H3. The van der Waals surface area contributed by atoms with Crippen molar-refractivity contribution in [3.8, 4) is 0 Å². The van der Waals surface area contributed by atoms with Crippen LogP contribution < -0.4 is 0 Å². The molecule has 1 aromatic carbocycles. The first-order valence-corrected chi connectivity index (χ1v) is 3.76. The van der Waals surface area contributed by atoms with Gasteiger partial charge in [0, 0.05) is 0 Å². The number of hydrogen-bond donors (Lipinski definition) is 0. The Morgan fingerprint density at radius 1 is 1.23 bits per heavy atom. The predicted octanol–water partition coefficient (Wildman–Crippen LogP) is 2.14. The van der Waals surface area contributed by atoms with E-state index in [1.54, 1.807) is 12.1 Å². The van der Waals surface area contributed by atoms with Crippen molar-refractivity contribution in [2.75, 3.05) is 0 Å². The quantitative estimate of drug-likeness (QED) is 0.516. The highest BCUT2D eigenvalue weighted by Gasteiger charge is 2.08. The molecule has 0 aliphatic carbocycles. The number of nitrogens with zero attached hydrogens (tertiary/aromatic N) is 1. The summed E-state index contributed by atoms with van der Waals surface area (Å²) in [6, 6.07) is 5.20. The van der Waals surface area contributed by atoms with Gasteiger partial charge in [0.2, 0.25) is 0 Å². The fraction of sp³-hybridized carbons (Fsp3) is 0.222. The van der Waals surface area contributed by atoms with Gasteiger partial charge in [-0.3, -0.25) is 4.84 Å². The number of carbonyl (C=O) groups is 1. The Balaban J connectivity index is 3.00. The predicted molar refractivity (Wildman–Crippen MR) is 47.1 cm³/mol. The molecule has 0 radical (unpaired) electrons. The maximum Gasteiger partial charge on any atom is 0.369 e. The molecule has 13 heavy (non-hydrogen) atoms. The summed E-state index contributed by atoms with van der Waals surface area (Å²) in [5.41, 5.74) is 2.23. The Kier molecular flexibility index (Phi) is 2.74. The van der Waals surface area contributed by atoms with Crippen LogP contribution in [0.15, 0.2) is 23.5 Å². The van der Waals surface area contributed by atoms with Crippen LogP contribution in [0.25, 0.3) is 0 Å². The molecule has 0 saturated carbocycles. The third-order valence-corrected chi connectivity index (χ3v) is 1.58. The minimum absolute atomic E-state index is 0.345. The molecule has 0 N–H and O–H groups in total. The van der Waals surface area contributed by atoms with Crippen LogP contribution in [0.4, 0.5) is 0 Å². The van der Waals surface area contributed by atoms with Crippen molar-refractivity contribution in [2.24, 2.45) is 5.34 Å². The Labute approximate surface area is 75.5 Å². The molecule has 0 heterocycles. The molecule has 0 amide bonds. The van der Waals surface area contributed by atoms with E-state index in [1.165, 1.54) is 0 Å². The molecule has 0 bridgehead atoms. The highest BCUT2D eigenvalue weighted by atomic mass is 16.7. The van der Waals surface area contributed by atoms with E-state index in [9.17, 15) is 9.70 Å². The number of carbonyl (C=O) groups excluding carboxylic acids is 1. The maximum absolute atomic E-state index is 11.0. The van der Waals surface area contributed by atoms with Crippen LogP contribution in [0.3, 0.4) is 0 Å². The zero-order valence-electron chi connectivity index (χ0n) is 7.40. The number of aryl methyl sites for hydroxylation is 2. The van der Waals surface area contributed by atoms with E-state index in [1.807, 2.05) is 19.9 Å². The van der Waals surface area contributed by atoms with Gasteiger partial charge in [0.05, 0.1) is 5.56 Å². The molecular formula is C9H9NO3. The van der Waals surface area contributed by atoms with Gasteiger partial charge in [-0.25, -0.2) is 4.79 Å². The summed E-state index contributed by atoms with van der Waals surface area (Å²) >= 11 is 0. The van der Waals surface area contributed by atoms with Crippen molar-refractivity contribution in [2.45, 2.75) is 13.8 Å². The van der Waals surface area contributed by atoms with Crippen LogP contribution >= 0.6 is 0 Å². The number of hydrogen-bond acceptors (Lipinski definition) is 4.